The van der Waals surface area contributed by atoms with Gasteiger partial charge in [-0.25, -0.2) is 9.78 Å². The van der Waals surface area contributed by atoms with Crippen molar-refractivity contribution in [2.75, 3.05) is 79.5 Å². The van der Waals surface area contributed by atoms with Crippen molar-refractivity contribution in [2.24, 2.45) is 0 Å². The van der Waals surface area contributed by atoms with E-state index in [0.29, 0.717) is 84.6 Å². The molecule has 16 nitrogen and oxygen atoms in total. The number of hydrogen-bond acceptors (Lipinski definition) is 16. The summed E-state index contributed by atoms with van der Waals surface area (Å²) in [6.45, 7) is 11.1. The molecule has 0 spiro atoms. The molecule has 5 rings (SSSR count). The minimum Gasteiger partial charge on any atom is -0.488 e. The van der Waals surface area contributed by atoms with Gasteiger partial charge in [0.2, 0.25) is 0 Å². The minimum atomic E-state index is -3.29. The van der Waals surface area contributed by atoms with Crippen LogP contribution in [0.4, 0.5) is 5.13 Å². The number of anilines is 1. The van der Waals surface area contributed by atoms with Crippen LogP contribution in [-0.4, -0.2) is 115 Å². The standard InChI is InChI=1S/C23H33N2O8PS.C16H22O6/c1-5-30-34(27,31-6-2)14-18-15-35-23(24-18)25-22(26)17-9-20(32-16(3)12-28-4)11-21(10-17)33-19-7-8-29-13-19;1-11(9-18-2)21-14-6-12(16(17)19-3)7-15(8-14)22-13-4-5-20-10-13/h9-11,15-16,19H,5-8,12-14H2,1-4H3,(H,24,25,26);6-8,11,13H,4-5,9-10H2,1-3H3/t16-,19+;11-,13+/m00/s1. The molecule has 2 aliphatic rings. The number of amides is 1. The van der Waals surface area contributed by atoms with Gasteiger partial charge in [0.1, 0.15) is 47.4 Å². The Bertz CT molecular complexity index is 1740. The Morgan fingerprint density at radius 2 is 1.32 bits per heavy atom. The molecule has 0 bridgehead atoms. The van der Waals surface area contributed by atoms with Gasteiger partial charge in [-0.05, 0) is 52.0 Å². The van der Waals surface area contributed by atoms with Crippen LogP contribution >= 0.6 is 18.9 Å². The fraction of sp³-hybridized carbons (Fsp3) is 0.564. The third-order valence-corrected chi connectivity index (χ3v) is 10.9. The number of carbonyl (C=O) groups is 2. The summed E-state index contributed by atoms with van der Waals surface area (Å²) < 4.78 is 72.6. The van der Waals surface area contributed by atoms with E-state index in [2.05, 4.69) is 10.3 Å². The maximum atomic E-state index is 13.1. The van der Waals surface area contributed by atoms with Gasteiger partial charge in [-0.2, -0.15) is 0 Å². The topological polar surface area (TPSA) is 178 Å². The predicted octanol–water partition coefficient (Wildman–Crippen LogP) is 6.80. The van der Waals surface area contributed by atoms with Crippen molar-refractivity contribution in [2.45, 2.75) is 71.1 Å². The normalized spacial score (nSPS) is 17.5. The third-order valence-electron chi connectivity index (χ3n) is 8.08. The molecule has 0 unspecified atom stereocenters. The maximum Gasteiger partial charge on any atom is 0.338 e. The number of aromatic nitrogens is 1. The van der Waals surface area contributed by atoms with Crippen LogP contribution in [0.1, 0.15) is 66.9 Å². The molecule has 3 aromatic rings. The van der Waals surface area contributed by atoms with E-state index >= 15 is 0 Å². The van der Waals surface area contributed by atoms with Gasteiger partial charge in [-0.3, -0.25) is 14.7 Å². The van der Waals surface area contributed by atoms with E-state index in [1.165, 1.54) is 18.4 Å². The van der Waals surface area contributed by atoms with Gasteiger partial charge < -0.3 is 51.7 Å². The van der Waals surface area contributed by atoms with E-state index in [0.717, 1.165) is 12.8 Å². The van der Waals surface area contributed by atoms with Gasteiger partial charge in [0.05, 0.1) is 77.4 Å². The smallest absolute Gasteiger partial charge is 0.338 e. The quantitative estimate of drug-likeness (QED) is 0.0875. The monoisotopic (exact) mass is 838 g/mol. The van der Waals surface area contributed by atoms with Crippen molar-refractivity contribution >= 4 is 35.9 Å². The van der Waals surface area contributed by atoms with Gasteiger partial charge in [0, 0.05) is 50.1 Å². The summed E-state index contributed by atoms with van der Waals surface area (Å²) in [6, 6.07) is 10.1. The molecule has 57 heavy (non-hydrogen) atoms. The summed E-state index contributed by atoms with van der Waals surface area (Å²) in [6.07, 6.45) is 1.21. The molecule has 316 valence electrons. The first-order chi connectivity index (χ1) is 27.5. The van der Waals surface area contributed by atoms with Gasteiger partial charge in [-0.1, -0.05) is 0 Å². The highest BCUT2D eigenvalue weighted by molar-refractivity contribution is 7.53. The van der Waals surface area contributed by atoms with Crippen molar-refractivity contribution in [3.05, 3.63) is 58.6 Å². The third kappa shape index (κ3) is 15.5. The number of methoxy groups -OCH3 is 3. The highest BCUT2D eigenvalue weighted by atomic mass is 32.1. The molecule has 18 heteroatoms. The molecule has 1 aromatic heterocycles. The van der Waals surface area contributed by atoms with Crippen LogP contribution in [0, 0.1) is 0 Å². The summed E-state index contributed by atoms with van der Waals surface area (Å²) in [5, 5.41) is 4.89. The van der Waals surface area contributed by atoms with Gasteiger partial charge in [-0.15, -0.1) is 11.3 Å². The molecule has 1 amide bonds. The van der Waals surface area contributed by atoms with Crippen LogP contribution in [0.5, 0.6) is 23.0 Å². The lowest BCUT2D eigenvalue weighted by Gasteiger charge is -2.17. The first-order valence-electron chi connectivity index (χ1n) is 18.8. The van der Waals surface area contributed by atoms with Crippen LogP contribution in [-0.2, 0) is 43.5 Å². The molecule has 1 N–H and O–H groups in total. The van der Waals surface area contributed by atoms with Gasteiger partial charge in [0.15, 0.2) is 5.13 Å². The zero-order valence-electron chi connectivity index (χ0n) is 33.6. The Kier molecular flexibility index (Phi) is 19.0. The molecule has 0 saturated carbocycles. The summed E-state index contributed by atoms with van der Waals surface area (Å²) in [4.78, 5) is 29.2. The summed E-state index contributed by atoms with van der Waals surface area (Å²) in [7, 11) is 1.26. The van der Waals surface area contributed by atoms with Gasteiger partial charge in [0.25, 0.3) is 5.91 Å². The minimum absolute atomic E-state index is 0.00264. The largest absolute Gasteiger partial charge is 0.488 e. The fourth-order valence-electron chi connectivity index (χ4n) is 5.71. The molecule has 3 heterocycles. The zero-order valence-corrected chi connectivity index (χ0v) is 35.4. The van der Waals surface area contributed by atoms with Crippen LogP contribution in [0.3, 0.4) is 0 Å². The van der Waals surface area contributed by atoms with Gasteiger partial charge >= 0.3 is 13.6 Å². The van der Waals surface area contributed by atoms with E-state index in [9.17, 15) is 14.2 Å². The number of esters is 1. The van der Waals surface area contributed by atoms with Crippen molar-refractivity contribution in [3.63, 3.8) is 0 Å². The number of thiazole rings is 1. The fourth-order valence-corrected chi connectivity index (χ4v) is 8.14. The van der Waals surface area contributed by atoms with Crippen LogP contribution < -0.4 is 24.3 Å². The number of nitrogens with zero attached hydrogens (tertiary/aromatic N) is 1. The molecule has 2 aromatic carbocycles. The molecule has 4 atom stereocenters. The summed E-state index contributed by atoms with van der Waals surface area (Å²) in [5.74, 6) is 1.31. The molecule has 2 fully saturated rings. The predicted molar refractivity (Wildman–Crippen MR) is 212 cm³/mol. The average Bonchev–Trinajstić information content (AvgIpc) is 3.97. The first-order valence-corrected chi connectivity index (χ1v) is 21.4. The Hall–Kier alpha value is -3.80. The molecule has 0 radical (unpaired) electrons. The van der Waals surface area contributed by atoms with Crippen LogP contribution in [0.15, 0.2) is 41.8 Å². The number of hydrogen-bond donors (Lipinski definition) is 1. The molecule has 0 aliphatic carbocycles. The van der Waals surface area contributed by atoms with Crippen molar-refractivity contribution in [1.82, 2.24) is 4.98 Å². The van der Waals surface area contributed by atoms with Crippen molar-refractivity contribution in [1.29, 1.82) is 0 Å². The zero-order chi connectivity index (χ0) is 41.2. The van der Waals surface area contributed by atoms with E-state index in [1.54, 1.807) is 69.8 Å². The molecule has 2 aliphatic heterocycles. The second-order valence-electron chi connectivity index (χ2n) is 13.1. The Balaban J connectivity index is 0.000000281. The summed E-state index contributed by atoms with van der Waals surface area (Å²) in [5.41, 5.74) is 1.26. The highest BCUT2D eigenvalue weighted by Gasteiger charge is 2.26. The van der Waals surface area contributed by atoms with E-state index in [-0.39, 0.29) is 49.7 Å². The van der Waals surface area contributed by atoms with E-state index < -0.39 is 13.6 Å². The van der Waals surface area contributed by atoms with Crippen molar-refractivity contribution in [3.8, 4) is 23.0 Å². The number of ether oxygens (including phenoxy) is 9. The highest BCUT2D eigenvalue weighted by Crippen LogP contribution is 2.51. The Labute approximate surface area is 338 Å². The SMILES string of the molecule is CCOP(=O)(Cc1csc(NC(=O)c2cc(O[C@@H]3CCOC3)cc(O[C@@H](C)COC)c2)n1)OCC.COC[C@H](C)Oc1cc(O[C@@H]2CCOC2)cc(C(=O)OC)c1. The van der Waals surface area contributed by atoms with Crippen molar-refractivity contribution < 1.29 is 65.8 Å². The number of benzene rings is 2. The Morgan fingerprint density at radius 1 is 0.807 bits per heavy atom. The lowest BCUT2D eigenvalue weighted by molar-refractivity contribution is 0.0597. The number of carbonyl (C=O) groups excluding carboxylic acids is 2. The second-order valence-corrected chi connectivity index (χ2v) is 16.0. The van der Waals surface area contributed by atoms with E-state index in [4.69, 9.17) is 51.7 Å². The van der Waals surface area contributed by atoms with Crippen LogP contribution in [0.2, 0.25) is 0 Å². The second kappa shape index (κ2) is 23.6. The molecular weight excluding hydrogens is 783 g/mol. The lowest BCUT2D eigenvalue weighted by atomic mass is 10.2. The lowest BCUT2D eigenvalue weighted by Crippen LogP contribution is -2.20. The Morgan fingerprint density at radius 3 is 1.79 bits per heavy atom. The van der Waals surface area contributed by atoms with E-state index in [1.807, 2.05) is 13.8 Å². The number of rotatable bonds is 21. The average molecular weight is 839 g/mol. The number of nitrogens with one attached hydrogen (secondary N) is 1. The van der Waals surface area contributed by atoms with Crippen LogP contribution in [0.25, 0.3) is 0 Å². The summed E-state index contributed by atoms with van der Waals surface area (Å²) >= 11 is 1.23. The maximum absolute atomic E-state index is 13.1. The molecule has 2 saturated heterocycles. The first kappa shape index (κ1) is 45.9. The molecular formula is C39H55N2O14PS.